The van der Waals surface area contributed by atoms with Crippen LogP contribution < -0.4 is 0 Å². The molecule has 3 rings (SSSR count). The smallest absolute Gasteiger partial charge is 0.0556 e. The van der Waals surface area contributed by atoms with E-state index in [1.165, 1.54) is 34.9 Å². The minimum atomic E-state index is 0.386. The van der Waals surface area contributed by atoms with Gasteiger partial charge in [0.2, 0.25) is 0 Å². The van der Waals surface area contributed by atoms with Gasteiger partial charge < -0.3 is 0 Å². The molecule has 0 amide bonds. The summed E-state index contributed by atoms with van der Waals surface area (Å²) in [6.07, 6.45) is 5.54. The Morgan fingerprint density at radius 3 is 2.48 bits per heavy atom. The third-order valence-corrected chi connectivity index (χ3v) is 4.08. The van der Waals surface area contributed by atoms with E-state index in [2.05, 4.69) is 67.6 Å². The predicted molar refractivity (Wildman–Crippen MR) is 89.6 cm³/mol. The van der Waals surface area contributed by atoms with Crippen LogP contribution in [0.3, 0.4) is 0 Å². The second-order valence-corrected chi connectivity index (χ2v) is 5.52. The fourth-order valence-electron chi connectivity index (χ4n) is 2.98. The first-order valence-electron chi connectivity index (χ1n) is 7.78. The number of nitrogens with zero attached hydrogens (tertiary/aromatic N) is 1. The fraction of sp³-hybridized carbons (Fsp3) is 0.250. The lowest BCUT2D eigenvalue weighted by Crippen LogP contribution is -2.04. The van der Waals surface area contributed by atoms with Gasteiger partial charge >= 0.3 is 0 Å². The molecule has 0 spiro atoms. The second kappa shape index (κ2) is 6.53. The highest BCUT2D eigenvalue weighted by atomic mass is 14.7. The number of hydrogen-bond donors (Lipinski definition) is 0. The van der Waals surface area contributed by atoms with Crippen molar-refractivity contribution < 1.29 is 0 Å². The van der Waals surface area contributed by atoms with Gasteiger partial charge in [0.25, 0.3) is 0 Å². The molecule has 0 saturated heterocycles. The summed E-state index contributed by atoms with van der Waals surface area (Å²) in [5.74, 6) is 0.386. The second-order valence-electron chi connectivity index (χ2n) is 5.52. The lowest BCUT2D eigenvalue weighted by Gasteiger charge is -2.18. The summed E-state index contributed by atoms with van der Waals surface area (Å²) in [5.41, 5.74) is 2.59. The van der Waals surface area contributed by atoms with E-state index < -0.39 is 0 Å². The first-order valence-corrected chi connectivity index (χ1v) is 7.78. The third-order valence-electron chi connectivity index (χ3n) is 4.08. The van der Waals surface area contributed by atoms with Gasteiger partial charge in [-0.05, 0) is 23.4 Å². The molecule has 1 aromatic heterocycles. The predicted octanol–water partition coefficient (Wildman–Crippen LogP) is 5.56. The van der Waals surface area contributed by atoms with E-state index in [0.717, 1.165) is 6.42 Å². The zero-order valence-electron chi connectivity index (χ0n) is 12.5. The van der Waals surface area contributed by atoms with Gasteiger partial charge in [-0.25, -0.2) is 0 Å². The van der Waals surface area contributed by atoms with Gasteiger partial charge in [-0.3, -0.25) is 4.98 Å². The molecular formula is C20H21N. The van der Waals surface area contributed by atoms with Gasteiger partial charge in [0, 0.05) is 17.5 Å². The number of hydrogen-bond acceptors (Lipinski definition) is 1. The van der Waals surface area contributed by atoms with Crippen LogP contribution in [0.15, 0.2) is 66.9 Å². The summed E-state index contributed by atoms with van der Waals surface area (Å²) in [4.78, 5) is 4.74. The van der Waals surface area contributed by atoms with Gasteiger partial charge in [-0.15, -0.1) is 0 Å². The Bertz CT molecular complexity index is 698. The summed E-state index contributed by atoms with van der Waals surface area (Å²) < 4.78 is 0. The van der Waals surface area contributed by atoms with Gasteiger partial charge in [-0.2, -0.15) is 0 Å². The molecule has 0 N–H and O–H groups in total. The highest BCUT2D eigenvalue weighted by Crippen LogP contribution is 2.32. The van der Waals surface area contributed by atoms with E-state index in [0.29, 0.717) is 5.92 Å². The lowest BCUT2D eigenvalue weighted by molar-refractivity contribution is 0.642. The average Bonchev–Trinajstić information content (AvgIpc) is 2.56. The van der Waals surface area contributed by atoms with Crippen molar-refractivity contribution >= 4 is 10.8 Å². The third kappa shape index (κ3) is 2.97. The van der Waals surface area contributed by atoms with Gasteiger partial charge in [0.05, 0.1) is 5.69 Å². The molecule has 0 aliphatic heterocycles. The Balaban J connectivity index is 2.10. The Hall–Kier alpha value is -2.15. The molecule has 1 atom stereocenters. The molecule has 0 saturated carbocycles. The highest BCUT2D eigenvalue weighted by Gasteiger charge is 2.17. The first kappa shape index (κ1) is 13.8. The molecule has 0 aliphatic rings. The Kier molecular flexibility index (Phi) is 4.30. The maximum Gasteiger partial charge on any atom is 0.0556 e. The standard InChI is InChI=1S/C20H21N/c1-2-3-12-18(16-9-5-4-6-10-16)20-19-13-8-7-11-17(19)14-15-21-20/h4-11,13-15,18H,2-3,12H2,1H3. The van der Waals surface area contributed by atoms with Crippen molar-refractivity contribution in [2.45, 2.75) is 32.1 Å². The largest absolute Gasteiger partial charge is 0.260 e. The van der Waals surface area contributed by atoms with Crippen molar-refractivity contribution in [3.63, 3.8) is 0 Å². The molecule has 1 unspecified atom stereocenters. The van der Waals surface area contributed by atoms with Crippen molar-refractivity contribution in [2.75, 3.05) is 0 Å². The number of rotatable bonds is 5. The van der Waals surface area contributed by atoms with E-state index in [1.54, 1.807) is 0 Å². The maximum atomic E-state index is 4.74. The quantitative estimate of drug-likeness (QED) is 0.594. The zero-order valence-corrected chi connectivity index (χ0v) is 12.5. The monoisotopic (exact) mass is 275 g/mol. The first-order chi connectivity index (χ1) is 10.4. The summed E-state index contributed by atoms with van der Waals surface area (Å²) >= 11 is 0. The normalized spacial score (nSPS) is 12.4. The topological polar surface area (TPSA) is 12.9 Å². The van der Waals surface area contributed by atoms with E-state index in [1.807, 2.05) is 6.20 Å². The molecule has 1 nitrogen and oxygen atoms in total. The van der Waals surface area contributed by atoms with Crippen molar-refractivity contribution in [1.82, 2.24) is 4.98 Å². The van der Waals surface area contributed by atoms with Crippen molar-refractivity contribution in [1.29, 1.82) is 0 Å². The molecule has 106 valence electrons. The van der Waals surface area contributed by atoms with Crippen LogP contribution in [-0.2, 0) is 0 Å². The Morgan fingerprint density at radius 2 is 1.67 bits per heavy atom. The molecule has 21 heavy (non-hydrogen) atoms. The van der Waals surface area contributed by atoms with Gasteiger partial charge in [0.15, 0.2) is 0 Å². The molecule has 0 fully saturated rings. The molecular weight excluding hydrogens is 254 g/mol. The minimum Gasteiger partial charge on any atom is -0.260 e. The number of fused-ring (bicyclic) bond motifs is 1. The van der Waals surface area contributed by atoms with E-state index >= 15 is 0 Å². The molecule has 1 heteroatoms. The van der Waals surface area contributed by atoms with Crippen LogP contribution in [0.1, 0.15) is 43.4 Å². The summed E-state index contributed by atoms with van der Waals surface area (Å²) in [6.45, 7) is 2.25. The number of aromatic nitrogens is 1. The van der Waals surface area contributed by atoms with Crippen molar-refractivity contribution in [3.8, 4) is 0 Å². The van der Waals surface area contributed by atoms with Crippen LogP contribution in [0.2, 0.25) is 0 Å². The minimum absolute atomic E-state index is 0.386. The van der Waals surface area contributed by atoms with Crippen LogP contribution in [0.5, 0.6) is 0 Å². The number of pyridine rings is 1. The Morgan fingerprint density at radius 1 is 0.905 bits per heavy atom. The molecule has 0 radical (unpaired) electrons. The van der Waals surface area contributed by atoms with Crippen LogP contribution in [0, 0.1) is 0 Å². The molecule has 0 aliphatic carbocycles. The van der Waals surface area contributed by atoms with Crippen LogP contribution in [0.25, 0.3) is 10.8 Å². The molecule has 3 aromatic rings. The SMILES string of the molecule is CCCCC(c1ccccc1)c1nccc2ccccc12. The van der Waals surface area contributed by atoms with E-state index in [-0.39, 0.29) is 0 Å². The summed E-state index contributed by atoms with van der Waals surface area (Å²) in [6, 6.07) is 21.4. The van der Waals surface area contributed by atoms with Gasteiger partial charge in [0.1, 0.15) is 0 Å². The molecule has 0 bridgehead atoms. The lowest BCUT2D eigenvalue weighted by atomic mass is 9.88. The zero-order chi connectivity index (χ0) is 14.5. The van der Waals surface area contributed by atoms with Crippen LogP contribution in [-0.4, -0.2) is 4.98 Å². The van der Waals surface area contributed by atoms with E-state index in [9.17, 15) is 0 Å². The van der Waals surface area contributed by atoms with Gasteiger partial charge in [-0.1, -0.05) is 74.4 Å². The van der Waals surface area contributed by atoms with Crippen LogP contribution >= 0.6 is 0 Å². The van der Waals surface area contributed by atoms with Crippen molar-refractivity contribution in [2.24, 2.45) is 0 Å². The molecule has 2 aromatic carbocycles. The van der Waals surface area contributed by atoms with Crippen LogP contribution in [0.4, 0.5) is 0 Å². The van der Waals surface area contributed by atoms with Crippen molar-refractivity contribution in [3.05, 3.63) is 78.1 Å². The molecule has 1 heterocycles. The number of unbranched alkanes of at least 4 members (excludes halogenated alkanes) is 1. The highest BCUT2D eigenvalue weighted by molar-refractivity contribution is 5.85. The summed E-state index contributed by atoms with van der Waals surface area (Å²) in [5, 5.41) is 2.56. The average molecular weight is 275 g/mol. The maximum absolute atomic E-state index is 4.74. The summed E-state index contributed by atoms with van der Waals surface area (Å²) in [7, 11) is 0. The Labute approximate surface area is 126 Å². The van der Waals surface area contributed by atoms with E-state index in [4.69, 9.17) is 4.98 Å². The number of benzene rings is 2. The fourth-order valence-corrected chi connectivity index (χ4v) is 2.98.